The third-order valence-corrected chi connectivity index (χ3v) is 5.79. The molecule has 0 aliphatic carbocycles. The van der Waals surface area contributed by atoms with Gasteiger partial charge in [-0.15, -0.1) is 5.10 Å². The van der Waals surface area contributed by atoms with Gasteiger partial charge >= 0.3 is 6.18 Å². The predicted molar refractivity (Wildman–Crippen MR) is 108 cm³/mol. The van der Waals surface area contributed by atoms with Crippen LogP contribution in [0.1, 0.15) is 34.8 Å². The first-order valence-corrected chi connectivity index (χ1v) is 10.1. The summed E-state index contributed by atoms with van der Waals surface area (Å²) in [6.45, 7) is 5.83. The van der Waals surface area contributed by atoms with E-state index >= 15 is 0 Å². The molecule has 2 heterocycles. The highest BCUT2D eigenvalue weighted by molar-refractivity contribution is 7.99. The Kier molecular flexibility index (Phi) is 5.52. The summed E-state index contributed by atoms with van der Waals surface area (Å²) < 4.78 is 45.8. The van der Waals surface area contributed by atoms with Gasteiger partial charge < -0.3 is 4.52 Å². The molecule has 7 nitrogen and oxygen atoms in total. The standard InChI is InChI=1S/C20H17F3N6OS/c1-11-6-4-9-16(12(11)2)29-19(25-27-28-29)31-13(3)18-24-17(26-30-18)14-7-5-8-15(10-14)20(21,22)23/h4-10,13H,1-3H3. The van der Waals surface area contributed by atoms with Crippen molar-refractivity contribution in [1.82, 2.24) is 30.3 Å². The summed E-state index contributed by atoms with van der Waals surface area (Å²) in [6, 6.07) is 10.7. The van der Waals surface area contributed by atoms with Crippen LogP contribution in [0.2, 0.25) is 0 Å². The van der Waals surface area contributed by atoms with Gasteiger partial charge in [-0.2, -0.15) is 22.8 Å². The molecule has 2 aromatic heterocycles. The van der Waals surface area contributed by atoms with Gasteiger partial charge in [0.15, 0.2) is 0 Å². The zero-order valence-electron chi connectivity index (χ0n) is 16.8. The largest absolute Gasteiger partial charge is 0.416 e. The molecule has 4 rings (SSSR count). The molecule has 0 spiro atoms. The highest BCUT2D eigenvalue weighted by Gasteiger charge is 2.31. The van der Waals surface area contributed by atoms with Crippen molar-refractivity contribution in [3.05, 3.63) is 65.0 Å². The number of thioether (sulfide) groups is 1. The maximum Gasteiger partial charge on any atom is 0.416 e. The molecule has 11 heteroatoms. The maximum absolute atomic E-state index is 13.0. The molecule has 31 heavy (non-hydrogen) atoms. The summed E-state index contributed by atoms with van der Waals surface area (Å²) in [5, 5.41) is 16.0. The van der Waals surface area contributed by atoms with Crippen LogP contribution in [0.4, 0.5) is 13.2 Å². The van der Waals surface area contributed by atoms with E-state index < -0.39 is 11.7 Å². The van der Waals surface area contributed by atoms with Crippen molar-refractivity contribution < 1.29 is 17.7 Å². The highest BCUT2D eigenvalue weighted by atomic mass is 32.2. The number of aromatic nitrogens is 6. The molecule has 160 valence electrons. The quantitative estimate of drug-likeness (QED) is 0.390. The number of alkyl halides is 3. The second kappa shape index (κ2) is 8.14. The Labute approximate surface area is 179 Å². The van der Waals surface area contributed by atoms with Crippen molar-refractivity contribution in [2.75, 3.05) is 0 Å². The molecule has 0 aliphatic rings. The number of benzene rings is 2. The lowest BCUT2D eigenvalue weighted by atomic mass is 10.1. The molecule has 0 aliphatic heterocycles. The fourth-order valence-corrected chi connectivity index (χ4v) is 3.76. The van der Waals surface area contributed by atoms with Crippen molar-refractivity contribution in [2.45, 2.75) is 37.4 Å². The topological polar surface area (TPSA) is 82.5 Å². The average Bonchev–Trinajstić information content (AvgIpc) is 3.39. The van der Waals surface area contributed by atoms with Crippen LogP contribution in [0.25, 0.3) is 17.1 Å². The minimum atomic E-state index is -4.45. The Balaban J connectivity index is 1.57. The van der Waals surface area contributed by atoms with Crippen molar-refractivity contribution >= 4 is 11.8 Å². The van der Waals surface area contributed by atoms with E-state index in [-0.39, 0.29) is 22.5 Å². The number of hydrogen-bond acceptors (Lipinski definition) is 7. The summed E-state index contributed by atoms with van der Waals surface area (Å²) in [5.41, 5.74) is 2.47. The lowest BCUT2D eigenvalue weighted by Gasteiger charge is -2.10. The Bertz CT molecular complexity index is 1220. The fourth-order valence-electron chi connectivity index (χ4n) is 2.93. The van der Waals surface area contributed by atoms with Gasteiger partial charge in [-0.1, -0.05) is 41.2 Å². The molecular formula is C20H17F3N6OS. The summed E-state index contributed by atoms with van der Waals surface area (Å²) in [5.74, 6) is 0.343. The molecular weight excluding hydrogens is 429 g/mol. The Hall–Kier alpha value is -3.21. The zero-order chi connectivity index (χ0) is 22.2. The van der Waals surface area contributed by atoms with Crippen LogP contribution < -0.4 is 0 Å². The number of rotatable bonds is 5. The minimum Gasteiger partial charge on any atom is -0.338 e. The minimum absolute atomic E-state index is 0.0858. The number of nitrogens with zero attached hydrogens (tertiary/aromatic N) is 6. The maximum atomic E-state index is 13.0. The second-order valence-corrected chi connectivity index (χ2v) is 8.20. The van der Waals surface area contributed by atoms with E-state index in [0.29, 0.717) is 5.16 Å². The van der Waals surface area contributed by atoms with E-state index in [0.717, 1.165) is 28.9 Å². The van der Waals surface area contributed by atoms with E-state index in [9.17, 15) is 13.2 Å². The van der Waals surface area contributed by atoms with Gasteiger partial charge in [0, 0.05) is 5.56 Å². The summed E-state index contributed by atoms with van der Waals surface area (Å²) in [6.07, 6.45) is -4.45. The Morgan fingerprint density at radius 1 is 1.10 bits per heavy atom. The first kappa shape index (κ1) is 21.0. The molecule has 0 N–H and O–H groups in total. The van der Waals surface area contributed by atoms with Crippen molar-refractivity contribution in [3.63, 3.8) is 0 Å². The SMILES string of the molecule is Cc1cccc(-n2nnnc2SC(C)c2nc(-c3cccc(C(F)(F)F)c3)no2)c1C. The summed E-state index contributed by atoms with van der Waals surface area (Å²) in [4.78, 5) is 4.27. The molecule has 1 atom stereocenters. The van der Waals surface area contributed by atoms with Crippen LogP contribution in [0.5, 0.6) is 0 Å². The summed E-state index contributed by atoms with van der Waals surface area (Å²) >= 11 is 1.31. The molecule has 0 fully saturated rings. The Morgan fingerprint density at radius 2 is 1.87 bits per heavy atom. The first-order valence-electron chi connectivity index (χ1n) is 9.27. The van der Waals surface area contributed by atoms with E-state index in [1.165, 1.54) is 23.9 Å². The van der Waals surface area contributed by atoms with Gasteiger partial charge in [0.1, 0.15) is 0 Å². The van der Waals surface area contributed by atoms with Gasteiger partial charge in [-0.05, 0) is 60.5 Å². The molecule has 0 saturated carbocycles. The third kappa shape index (κ3) is 4.31. The van der Waals surface area contributed by atoms with Crippen LogP contribution in [-0.2, 0) is 6.18 Å². The highest BCUT2D eigenvalue weighted by Crippen LogP contribution is 2.35. The third-order valence-electron chi connectivity index (χ3n) is 4.76. The van der Waals surface area contributed by atoms with Crippen molar-refractivity contribution in [3.8, 4) is 17.1 Å². The normalized spacial score (nSPS) is 12.8. The number of hydrogen-bond donors (Lipinski definition) is 0. The van der Waals surface area contributed by atoms with E-state index in [2.05, 4.69) is 25.7 Å². The van der Waals surface area contributed by atoms with Gasteiger partial charge in [0.25, 0.3) is 0 Å². The molecule has 2 aromatic carbocycles. The van der Waals surface area contributed by atoms with E-state index in [4.69, 9.17) is 4.52 Å². The number of halogens is 3. The predicted octanol–water partition coefficient (Wildman–Crippen LogP) is 5.20. The van der Waals surface area contributed by atoms with Gasteiger partial charge in [0.05, 0.1) is 16.5 Å². The number of tetrazole rings is 1. The van der Waals surface area contributed by atoms with Gasteiger partial charge in [0.2, 0.25) is 16.9 Å². The Morgan fingerprint density at radius 3 is 2.65 bits per heavy atom. The van der Waals surface area contributed by atoms with Crippen LogP contribution >= 0.6 is 11.8 Å². The van der Waals surface area contributed by atoms with E-state index in [1.807, 2.05) is 39.0 Å². The zero-order valence-corrected chi connectivity index (χ0v) is 17.6. The monoisotopic (exact) mass is 446 g/mol. The summed E-state index contributed by atoms with van der Waals surface area (Å²) in [7, 11) is 0. The van der Waals surface area contributed by atoms with Gasteiger partial charge in [-0.3, -0.25) is 0 Å². The molecule has 0 amide bonds. The van der Waals surface area contributed by atoms with E-state index in [1.54, 1.807) is 4.68 Å². The molecule has 0 bridgehead atoms. The fraction of sp³-hybridized carbons (Fsp3) is 0.250. The second-order valence-electron chi connectivity index (χ2n) is 6.89. The van der Waals surface area contributed by atoms with Crippen LogP contribution in [0.3, 0.4) is 0 Å². The first-order chi connectivity index (χ1) is 14.7. The number of aryl methyl sites for hydroxylation is 1. The molecule has 1 unspecified atom stereocenters. The average molecular weight is 446 g/mol. The molecule has 0 radical (unpaired) electrons. The van der Waals surface area contributed by atoms with Crippen LogP contribution in [0, 0.1) is 13.8 Å². The lowest BCUT2D eigenvalue weighted by Crippen LogP contribution is -2.04. The molecule has 0 saturated heterocycles. The molecule has 4 aromatic rings. The smallest absolute Gasteiger partial charge is 0.338 e. The van der Waals surface area contributed by atoms with Crippen LogP contribution in [0.15, 0.2) is 52.1 Å². The lowest BCUT2D eigenvalue weighted by molar-refractivity contribution is -0.137. The van der Waals surface area contributed by atoms with Crippen molar-refractivity contribution in [2.24, 2.45) is 0 Å². The van der Waals surface area contributed by atoms with Gasteiger partial charge in [-0.25, -0.2) is 0 Å². The van der Waals surface area contributed by atoms with Crippen molar-refractivity contribution in [1.29, 1.82) is 0 Å². The van der Waals surface area contributed by atoms with Crippen LogP contribution in [-0.4, -0.2) is 30.3 Å².